The SMILES string of the molecule is CCCN(CC(=O)Nc1cc(Cl)ccc1Cl)C(=O)c1ccc(OCC2CCCO2)cc1. The molecule has 6 nitrogen and oxygen atoms in total. The van der Waals surface area contributed by atoms with Gasteiger partial charge in [0.05, 0.1) is 16.8 Å². The standard InChI is InChI=1S/C23H26Cl2N2O4/c1-2-11-27(14-22(28)26-21-13-17(24)7-10-20(21)25)23(29)16-5-8-18(9-6-16)31-15-19-4-3-12-30-19/h5-10,13,19H,2-4,11-12,14-15H2,1H3,(H,26,28). The first-order chi connectivity index (χ1) is 15.0. The van der Waals surface area contributed by atoms with Crippen molar-refractivity contribution in [1.82, 2.24) is 4.90 Å². The molecule has 2 amide bonds. The van der Waals surface area contributed by atoms with E-state index >= 15 is 0 Å². The van der Waals surface area contributed by atoms with Gasteiger partial charge < -0.3 is 19.7 Å². The molecule has 3 rings (SSSR count). The van der Waals surface area contributed by atoms with Crippen LogP contribution < -0.4 is 10.1 Å². The van der Waals surface area contributed by atoms with E-state index in [1.807, 2.05) is 6.92 Å². The summed E-state index contributed by atoms with van der Waals surface area (Å²) >= 11 is 12.1. The van der Waals surface area contributed by atoms with Crippen molar-refractivity contribution in [2.75, 3.05) is 31.6 Å². The Bertz CT molecular complexity index is 899. The maximum Gasteiger partial charge on any atom is 0.254 e. The van der Waals surface area contributed by atoms with Crippen molar-refractivity contribution in [3.05, 3.63) is 58.1 Å². The van der Waals surface area contributed by atoms with Gasteiger partial charge in [0.15, 0.2) is 0 Å². The number of rotatable bonds is 9. The molecule has 1 saturated heterocycles. The zero-order chi connectivity index (χ0) is 22.2. The van der Waals surface area contributed by atoms with Crippen LogP contribution in [0.5, 0.6) is 5.75 Å². The van der Waals surface area contributed by atoms with Gasteiger partial charge in [-0.3, -0.25) is 9.59 Å². The fraction of sp³-hybridized carbons (Fsp3) is 0.391. The number of hydrogen-bond donors (Lipinski definition) is 1. The summed E-state index contributed by atoms with van der Waals surface area (Å²) in [7, 11) is 0. The van der Waals surface area contributed by atoms with Gasteiger partial charge in [0.2, 0.25) is 5.91 Å². The van der Waals surface area contributed by atoms with Crippen molar-refractivity contribution in [1.29, 1.82) is 0 Å². The summed E-state index contributed by atoms with van der Waals surface area (Å²) in [6.07, 6.45) is 2.92. The largest absolute Gasteiger partial charge is 0.491 e. The lowest BCUT2D eigenvalue weighted by Crippen LogP contribution is -2.38. The van der Waals surface area contributed by atoms with Crippen molar-refractivity contribution in [2.24, 2.45) is 0 Å². The highest BCUT2D eigenvalue weighted by Gasteiger charge is 2.20. The number of ether oxygens (including phenoxy) is 2. The molecule has 1 heterocycles. The van der Waals surface area contributed by atoms with Crippen molar-refractivity contribution < 1.29 is 19.1 Å². The van der Waals surface area contributed by atoms with Crippen LogP contribution in [0, 0.1) is 0 Å². The Morgan fingerprint density at radius 3 is 2.65 bits per heavy atom. The number of amides is 2. The first-order valence-electron chi connectivity index (χ1n) is 10.3. The van der Waals surface area contributed by atoms with Crippen LogP contribution in [0.25, 0.3) is 0 Å². The Hall–Kier alpha value is -2.28. The maximum atomic E-state index is 13.0. The molecule has 0 bridgehead atoms. The normalized spacial score (nSPS) is 15.5. The molecular formula is C23H26Cl2N2O4. The van der Waals surface area contributed by atoms with Crippen LogP contribution in [0.3, 0.4) is 0 Å². The Labute approximate surface area is 192 Å². The number of nitrogens with one attached hydrogen (secondary N) is 1. The molecule has 8 heteroatoms. The molecule has 2 aromatic carbocycles. The molecule has 1 fully saturated rings. The lowest BCUT2D eigenvalue weighted by Gasteiger charge is -2.22. The predicted molar refractivity (Wildman–Crippen MR) is 122 cm³/mol. The molecule has 0 aromatic heterocycles. The number of benzene rings is 2. The van der Waals surface area contributed by atoms with Crippen LogP contribution in [-0.4, -0.2) is 49.1 Å². The van der Waals surface area contributed by atoms with E-state index in [1.165, 1.54) is 4.90 Å². The number of carbonyl (C=O) groups excluding carboxylic acids is 2. The fourth-order valence-corrected chi connectivity index (χ4v) is 3.66. The molecule has 0 aliphatic carbocycles. The Kier molecular flexibility index (Phi) is 8.58. The zero-order valence-electron chi connectivity index (χ0n) is 17.4. The number of anilines is 1. The molecule has 1 aliphatic heterocycles. The number of nitrogens with zero attached hydrogens (tertiary/aromatic N) is 1. The zero-order valence-corrected chi connectivity index (χ0v) is 18.9. The van der Waals surface area contributed by atoms with Crippen LogP contribution in [0.15, 0.2) is 42.5 Å². The summed E-state index contributed by atoms with van der Waals surface area (Å²) in [6.45, 7) is 3.60. The fourth-order valence-electron chi connectivity index (χ4n) is 3.32. The molecule has 1 unspecified atom stereocenters. The highest BCUT2D eigenvalue weighted by Crippen LogP contribution is 2.25. The van der Waals surface area contributed by atoms with Gasteiger partial charge in [0.1, 0.15) is 18.9 Å². The minimum atomic E-state index is -0.345. The van der Waals surface area contributed by atoms with Gasteiger partial charge in [-0.05, 0) is 61.7 Å². The van der Waals surface area contributed by atoms with Gasteiger partial charge in [-0.25, -0.2) is 0 Å². The summed E-state index contributed by atoms with van der Waals surface area (Å²) in [5, 5.41) is 3.56. The van der Waals surface area contributed by atoms with Crippen molar-refractivity contribution in [3.63, 3.8) is 0 Å². The second kappa shape index (κ2) is 11.4. The highest BCUT2D eigenvalue weighted by atomic mass is 35.5. The van der Waals surface area contributed by atoms with E-state index in [0.29, 0.717) is 40.2 Å². The lowest BCUT2D eigenvalue weighted by molar-refractivity contribution is -0.116. The Balaban J connectivity index is 1.59. The summed E-state index contributed by atoms with van der Waals surface area (Å²) in [5.41, 5.74) is 0.905. The van der Waals surface area contributed by atoms with Gasteiger partial charge in [0.25, 0.3) is 5.91 Å². The summed E-state index contributed by atoms with van der Waals surface area (Å²) in [4.78, 5) is 27.0. The molecule has 1 N–H and O–H groups in total. The molecule has 166 valence electrons. The molecule has 1 aliphatic rings. The monoisotopic (exact) mass is 464 g/mol. The third kappa shape index (κ3) is 6.86. The summed E-state index contributed by atoms with van der Waals surface area (Å²) in [6, 6.07) is 11.8. The molecular weight excluding hydrogens is 439 g/mol. The van der Waals surface area contributed by atoms with Gasteiger partial charge >= 0.3 is 0 Å². The second-order valence-electron chi connectivity index (χ2n) is 7.37. The molecule has 31 heavy (non-hydrogen) atoms. The van der Waals surface area contributed by atoms with Gasteiger partial charge in [0, 0.05) is 23.7 Å². The third-order valence-electron chi connectivity index (χ3n) is 4.88. The Morgan fingerprint density at radius 2 is 1.97 bits per heavy atom. The van der Waals surface area contributed by atoms with E-state index < -0.39 is 0 Å². The number of carbonyl (C=O) groups is 2. The van der Waals surface area contributed by atoms with E-state index in [2.05, 4.69) is 5.32 Å². The van der Waals surface area contributed by atoms with E-state index in [1.54, 1.807) is 42.5 Å². The molecule has 0 saturated carbocycles. The summed E-state index contributed by atoms with van der Waals surface area (Å²) < 4.78 is 11.3. The van der Waals surface area contributed by atoms with Gasteiger partial charge in [-0.2, -0.15) is 0 Å². The minimum absolute atomic E-state index is 0.0905. The van der Waals surface area contributed by atoms with Gasteiger partial charge in [-0.15, -0.1) is 0 Å². The number of hydrogen-bond acceptors (Lipinski definition) is 4. The van der Waals surface area contributed by atoms with E-state index in [0.717, 1.165) is 25.9 Å². The predicted octanol–water partition coefficient (Wildman–Crippen LogP) is 5.04. The average molecular weight is 465 g/mol. The van der Waals surface area contributed by atoms with Crippen molar-refractivity contribution in [3.8, 4) is 5.75 Å². The third-order valence-corrected chi connectivity index (χ3v) is 5.44. The van der Waals surface area contributed by atoms with Crippen LogP contribution in [0.4, 0.5) is 5.69 Å². The molecule has 0 spiro atoms. The molecule has 1 atom stereocenters. The molecule has 2 aromatic rings. The van der Waals surface area contributed by atoms with E-state index in [-0.39, 0.29) is 24.5 Å². The average Bonchev–Trinajstić information content (AvgIpc) is 3.28. The molecule has 0 radical (unpaired) electrons. The number of halogens is 2. The topological polar surface area (TPSA) is 67.9 Å². The summed E-state index contributed by atoms with van der Waals surface area (Å²) in [5.74, 6) is 0.116. The quantitative estimate of drug-likeness (QED) is 0.564. The van der Waals surface area contributed by atoms with Crippen molar-refractivity contribution in [2.45, 2.75) is 32.3 Å². The van der Waals surface area contributed by atoms with Crippen LogP contribution in [-0.2, 0) is 9.53 Å². The first-order valence-corrected chi connectivity index (χ1v) is 11.1. The first kappa shape index (κ1) is 23.4. The minimum Gasteiger partial charge on any atom is -0.491 e. The van der Waals surface area contributed by atoms with E-state index in [4.69, 9.17) is 32.7 Å². The second-order valence-corrected chi connectivity index (χ2v) is 8.21. The maximum absolute atomic E-state index is 13.0. The smallest absolute Gasteiger partial charge is 0.254 e. The van der Waals surface area contributed by atoms with Crippen LogP contribution in [0.1, 0.15) is 36.5 Å². The van der Waals surface area contributed by atoms with Crippen LogP contribution >= 0.6 is 23.2 Å². The highest BCUT2D eigenvalue weighted by molar-refractivity contribution is 6.35. The van der Waals surface area contributed by atoms with Crippen LogP contribution in [0.2, 0.25) is 10.0 Å². The van der Waals surface area contributed by atoms with E-state index in [9.17, 15) is 9.59 Å². The van der Waals surface area contributed by atoms with Gasteiger partial charge in [-0.1, -0.05) is 30.1 Å². The Morgan fingerprint density at radius 1 is 1.19 bits per heavy atom. The van der Waals surface area contributed by atoms with Crippen molar-refractivity contribution >= 4 is 40.7 Å². The lowest BCUT2D eigenvalue weighted by atomic mass is 10.2.